The van der Waals surface area contributed by atoms with E-state index < -0.39 is 4.32 Å². The number of halogens is 1. The van der Waals surface area contributed by atoms with Gasteiger partial charge in [-0.25, -0.2) is 0 Å². The number of carbonyl (C=O) groups excluding carboxylic acids is 1. The highest BCUT2D eigenvalue weighted by Gasteiger charge is 2.27. The van der Waals surface area contributed by atoms with Crippen molar-refractivity contribution in [1.29, 1.82) is 0 Å². The predicted octanol–water partition coefficient (Wildman–Crippen LogP) is 3.13. The highest BCUT2D eigenvalue weighted by Crippen LogP contribution is 2.20. The molecule has 0 unspecified atom stereocenters. The monoisotopic (exact) mass is 283 g/mol. The van der Waals surface area contributed by atoms with Gasteiger partial charge in [0.05, 0.1) is 4.32 Å². The van der Waals surface area contributed by atoms with Crippen LogP contribution in [0.15, 0.2) is 24.3 Å². The van der Waals surface area contributed by atoms with Gasteiger partial charge in [0.2, 0.25) is 5.91 Å². The van der Waals surface area contributed by atoms with E-state index in [4.69, 9.17) is 0 Å². The van der Waals surface area contributed by atoms with E-state index in [9.17, 15) is 4.79 Å². The maximum atomic E-state index is 12.0. The summed E-state index contributed by atoms with van der Waals surface area (Å²) in [5.74, 6) is 0.0933. The molecule has 2 nitrogen and oxygen atoms in total. The smallest absolute Gasteiger partial charge is 0.238 e. The lowest BCUT2D eigenvalue weighted by Gasteiger charge is -2.25. The summed E-state index contributed by atoms with van der Waals surface area (Å²) in [7, 11) is 1.83. The van der Waals surface area contributed by atoms with Gasteiger partial charge in [0, 0.05) is 13.6 Å². The summed E-state index contributed by atoms with van der Waals surface area (Å²) in [6.45, 7) is 6.45. The van der Waals surface area contributed by atoms with Crippen molar-refractivity contribution in [3.8, 4) is 0 Å². The molecule has 1 amide bonds. The molecule has 1 rings (SSSR count). The summed E-state index contributed by atoms with van der Waals surface area (Å²) in [4.78, 5) is 13.7. The number of benzene rings is 1. The molecular formula is C13H18BrNO. The highest BCUT2D eigenvalue weighted by molar-refractivity contribution is 9.10. The zero-order chi connectivity index (χ0) is 12.3. The molecule has 0 bridgehead atoms. The van der Waals surface area contributed by atoms with Crippen LogP contribution in [0.4, 0.5) is 0 Å². The van der Waals surface area contributed by atoms with Crippen LogP contribution in [0.5, 0.6) is 0 Å². The summed E-state index contributed by atoms with van der Waals surface area (Å²) >= 11 is 3.39. The van der Waals surface area contributed by atoms with Crippen molar-refractivity contribution in [1.82, 2.24) is 4.90 Å². The van der Waals surface area contributed by atoms with Gasteiger partial charge >= 0.3 is 0 Å². The molecule has 0 saturated carbocycles. The van der Waals surface area contributed by atoms with Crippen LogP contribution < -0.4 is 0 Å². The summed E-state index contributed by atoms with van der Waals surface area (Å²) in [5.41, 5.74) is 2.41. The van der Waals surface area contributed by atoms with Gasteiger partial charge in [-0.15, -0.1) is 0 Å². The first kappa shape index (κ1) is 13.2. The van der Waals surface area contributed by atoms with Crippen LogP contribution in [0.2, 0.25) is 0 Å². The lowest BCUT2D eigenvalue weighted by molar-refractivity contribution is -0.131. The number of aryl methyl sites for hydroxylation is 1. The van der Waals surface area contributed by atoms with Crippen LogP contribution in [-0.2, 0) is 11.3 Å². The molecule has 88 valence electrons. The van der Waals surface area contributed by atoms with Gasteiger partial charge in [0.15, 0.2) is 0 Å². The predicted molar refractivity (Wildman–Crippen MR) is 70.7 cm³/mol. The first-order valence-electron chi connectivity index (χ1n) is 5.31. The van der Waals surface area contributed by atoms with E-state index in [2.05, 4.69) is 35.0 Å². The van der Waals surface area contributed by atoms with E-state index >= 15 is 0 Å². The van der Waals surface area contributed by atoms with Gasteiger partial charge in [-0.1, -0.05) is 40.2 Å². The minimum atomic E-state index is -0.496. The van der Waals surface area contributed by atoms with Gasteiger partial charge < -0.3 is 4.90 Å². The molecule has 1 aromatic carbocycles. The van der Waals surface area contributed by atoms with Gasteiger partial charge in [-0.2, -0.15) is 0 Å². The molecule has 0 fully saturated rings. The Morgan fingerprint density at radius 3 is 2.44 bits per heavy atom. The quantitative estimate of drug-likeness (QED) is 0.781. The van der Waals surface area contributed by atoms with Crippen molar-refractivity contribution < 1.29 is 4.79 Å². The van der Waals surface area contributed by atoms with Gasteiger partial charge in [0.25, 0.3) is 0 Å². The Hall–Kier alpha value is -0.830. The summed E-state index contributed by atoms with van der Waals surface area (Å²) < 4.78 is -0.496. The second-order valence-corrected chi connectivity index (χ2v) is 6.54. The molecule has 3 heteroatoms. The van der Waals surface area contributed by atoms with Crippen molar-refractivity contribution in [2.75, 3.05) is 7.05 Å². The second-order valence-electron chi connectivity index (χ2n) is 4.56. The van der Waals surface area contributed by atoms with E-state index in [1.165, 1.54) is 11.1 Å². The summed E-state index contributed by atoms with van der Waals surface area (Å²) in [5, 5.41) is 0. The van der Waals surface area contributed by atoms with Crippen LogP contribution in [0, 0.1) is 6.92 Å². The lowest BCUT2D eigenvalue weighted by atomic mass is 10.1. The summed E-state index contributed by atoms with van der Waals surface area (Å²) in [6, 6.07) is 8.13. The molecule has 0 aliphatic carbocycles. The summed E-state index contributed by atoms with van der Waals surface area (Å²) in [6.07, 6.45) is 0. The Morgan fingerprint density at radius 2 is 1.94 bits per heavy atom. The highest BCUT2D eigenvalue weighted by atomic mass is 79.9. The molecule has 0 saturated heterocycles. The first-order chi connectivity index (χ1) is 7.32. The average Bonchev–Trinajstić information content (AvgIpc) is 2.19. The molecule has 0 aliphatic heterocycles. The van der Waals surface area contributed by atoms with Crippen molar-refractivity contribution in [3.63, 3.8) is 0 Å². The number of carbonyl (C=O) groups is 1. The van der Waals surface area contributed by atoms with E-state index in [0.717, 1.165) is 0 Å². The zero-order valence-corrected chi connectivity index (χ0v) is 11.8. The Bertz CT molecular complexity index is 382. The Balaban J connectivity index is 2.76. The topological polar surface area (TPSA) is 20.3 Å². The maximum Gasteiger partial charge on any atom is 0.238 e. The fraction of sp³-hybridized carbons (Fsp3) is 0.462. The van der Waals surface area contributed by atoms with Crippen LogP contribution in [0.25, 0.3) is 0 Å². The van der Waals surface area contributed by atoms with Crippen LogP contribution >= 0.6 is 15.9 Å². The Labute approximate surface area is 106 Å². The van der Waals surface area contributed by atoms with Crippen LogP contribution in [0.1, 0.15) is 25.0 Å². The van der Waals surface area contributed by atoms with Crippen LogP contribution in [0.3, 0.4) is 0 Å². The van der Waals surface area contributed by atoms with Crippen molar-refractivity contribution in [3.05, 3.63) is 35.4 Å². The van der Waals surface area contributed by atoms with Crippen molar-refractivity contribution in [2.45, 2.75) is 31.6 Å². The Morgan fingerprint density at radius 1 is 1.38 bits per heavy atom. The third-order valence-electron chi connectivity index (χ3n) is 2.52. The molecule has 0 N–H and O–H groups in total. The molecule has 0 atom stereocenters. The van der Waals surface area contributed by atoms with E-state index in [-0.39, 0.29) is 5.91 Å². The van der Waals surface area contributed by atoms with Gasteiger partial charge in [-0.05, 0) is 31.9 Å². The van der Waals surface area contributed by atoms with Crippen molar-refractivity contribution >= 4 is 21.8 Å². The van der Waals surface area contributed by atoms with E-state index in [0.29, 0.717) is 6.54 Å². The number of alkyl halides is 1. The number of amides is 1. The number of hydrogen-bond acceptors (Lipinski definition) is 1. The zero-order valence-electron chi connectivity index (χ0n) is 10.2. The number of nitrogens with zero attached hydrogens (tertiary/aromatic N) is 1. The van der Waals surface area contributed by atoms with Gasteiger partial charge in [-0.3, -0.25) is 4.79 Å². The number of rotatable bonds is 3. The molecule has 1 aromatic rings. The fourth-order valence-electron chi connectivity index (χ4n) is 1.57. The molecule has 0 aliphatic rings. The van der Waals surface area contributed by atoms with E-state index in [1.54, 1.807) is 4.90 Å². The first-order valence-corrected chi connectivity index (χ1v) is 6.10. The Kier molecular flexibility index (Phi) is 4.14. The second kappa shape index (κ2) is 5.00. The average molecular weight is 284 g/mol. The molecule has 0 aromatic heterocycles. The standard InChI is InChI=1S/C13H18BrNO/c1-10-7-5-6-8-11(10)9-15(4)12(16)13(2,3)14/h5-8H,9H2,1-4H3. The molecular weight excluding hydrogens is 266 g/mol. The van der Waals surface area contributed by atoms with E-state index in [1.807, 2.05) is 33.0 Å². The minimum Gasteiger partial charge on any atom is -0.340 e. The third kappa shape index (κ3) is 3.34. The third-order valence-corrected chi connectivity index (χ3v) is 2.86. The molecule has 0 heterocycles. The largest absolute Gasteiger partial charge is 0.340 e. The SMILES string of the molecule is Cc1ccccc1CN(C)C(=O)C(C)(C)Br. The maximum absolute atomic E-state index is 12.0. The minimum absolute atomic E-state index is 0.0933. The molecule has 0 spiro atoms. The fourth-order valence-corrected chi connectivity index (χ4v) is 1.87. The van der Waals surface area contributed by atoms with Crippen LogP contribution in [-0.4, -0.2) is 22.2 Å². The number of hydrogen-bond donors (Lipinski definition) is 0. The molecule has 0 radical (unpaired) electrons. The normalized spacial score (nSPS) is 11.3. The van der Waals surface area contributed by atoms with Gasteiger partial charge in [0.1, 0.15) is 0 Å². The lowest BCUT2D eigenvalue weighted by Crippen LogP contribution is -2.38. The molecule has 16 heavy (non-hydrogen) atoms. The van der Waals surface area contributed by atoms with Crippen molar-refractivity contribution in [2.24, 2.45) is 0 Å².